The van der Waals surface area contributed by atoms with Crippen molar-refractivity contribution in [1.29, 1.82) is 0 Å². The number of hydrogen-bond donors (Lipinski definition) is 2. The van der Waals surface area contributed by atoms with Gasteiger partial charge in [0, 0.05) is 24.9 Å². The van der Waals surface area contributed by atoms with E-state index in [4.69, 9.17) is 12.2 Å². The van der Waals surface area contributed by atoms with Crippen LogP contribution in [0.2, 0.25) is 0 Å². The minimum absolute atomic E-state index is 0.0373. The molecule has 1 unspecified atom stereocenters. The Hall–Kier alpha value is -2.10. The zero-order valence-electron chi connectivity index (χ0n) is 15.6. The SMILES string of the molecule is CC(/C=C(\CCC(F)(F)F)NC(=S)NCc1ccnc2c1CCC=C2)C(F)(F)F. The molecule has 0 aliphatic heterocycles. The second-order valence-corrected chi connectivity index (χ2v) is 7.13. The van der Waals surface area contributed by atoms with Crippen LogP contribution in [0.3, 0.4) is 0 Å². The Morgan fingerprint density at radius 2 is 2.00 bits per heavy atom. The first-order valence-corrected chi connectivity index (χ1v) is 9.39. The van der Waals surface area contributed by atoms with Crippen molar-refractivity contribution in [2.75, 3.05) is 0 Å². The lowest BCUT2D eigenvalue weighted by Crippen LogP contribution is -2.35. The summed E-state index contributed by atoms with van der Waals surface area (Å²) >= 11 is 5.08. The Balaban J connectivity index is 2.04. The number of thiocarbonyl (C=S) groups is 1. The van der Waals surface area contributed by atoms with Crippen LogP contribution < -0.4 is 10.6 Å². The van der Waals surface area contributed by atoms with E-state index in [0.717, 1.165) is 42.7 Å². The molecule has 1 heterocycles. The zero-order chi connectivity index (χ0) is 21.7. The summed E-state index contributed by atoms with van der Waals surface area (Å²) in [5, 5.41) is 5.31. The third-order valence-corrected chi connectivity index (χ3v) is 4.63. The average molecular weight is 437 g/mol. The molecule has 0 saturated carbocycles. The number of pyridine rings is 1. The Kier molecular flexibility index (Phi) is 7.67. The van der Waals surface area contributed by atoms with Crippen LogP contribution in [0.5, 0.6) is 0 Å². The third kappa shape index (κ3) is 7.68. The summed E-state index contributed by atoms with van der Waals surface area (Å²) in [5.74, 6) is -1.90. The maximum atomic E-state index is 12.8. The third-order valence-electron chi connectivity index (χ3n) is 4.38. The summed E-state index contributed by atoms with van der Waals surface area (Å²) in [6.45, 7) is 1.16. The predicted molar refractivity (Wildman–Crippen MR) is 103 cm³/mol. The van der Waals surface area contributed by atoms with Gasteiger partial charge in [-0.25, -0.2) is 0 Å². The van der Waals surface area contributed by atoms with Crippen molar-refractivity contribution in [2.24, 2.45) is 5.92 Å². The van der Waals surface area contributed by atoms with E-state index in [0.29, 0.717) is 0 Å². The van der Waals surface area contributed by atoms with E-state index >= 15 is 0 Å². The molecular formula is C19H21F6N3S. The Morgan fingerprint density at radius 3 is 2.66 bits per heavy atom. The van der Waals surface area contributed by atoms with E-state index in [9.17, 15) is 26.3 Å². The first kappa shape index (κ1) is 23.2. The summed E-state index contributed by atoms with van der Waals surface area (Å²) in [6.07, 6.45) is -2.94. The van der Waals surface area contributed by atoms with Gasteiger partial charge in [0.2, 0.25) is 0 Å². The Bertz CT molecular complexity index is 783. The van der Waals surface area contributed by atoms with Crippen LogP contribution in [-0.2, 0) is 13.0 Å². The summed E-state index contributed by atoms with van der Waals surface area (Å²) in [4.78, 5) is 4.27. The van der Waals surface area contributed by atoms with Crippen molar-refractivity contribution in [1.82, 2.24) is 15.6 Å². The number of alkyl halides is 6. The molecule has 1 aromatic heterocycles. The molecule has 1 aliphatic carbocycles. The van der Waals surface area contributed by atoms with E-state index in [-0.39, 0.29) is 17.4 Å². The maximum Gasteiger partial charge on any atom is 0.394 e. The Morgan fingerprint density at radius 1 is 1.28 bits per heavy atom. The molecule has 2 rings (SSSR count). The first-order valence-electron chi connectivity index (χ1n) is 8.98. The molecule has 0 saturated heterocycles. The second-order valence-electron chi connectivity index (χ2n) is 6.72. The predicted octanol–water partition coefficient (Wildman–Crippen LogP) is 5.43. The molecule has 1 aliphatic rings. The molecule has 29 heavy (non-hydrogen) atoms. The molecule has 0 amide bonds. The lowest BCUT2D eigenvalue weighted by atomic mass is 9.97. The summed E-state index contributed by atoms with van der Waals surface area (Å²) < 4.78 is 75.9. The lowest BCUT2D eigenvalue weighted by Gasteiger charge is -2.19. The fourth-order valence-electron chi connectivity index (χ4n) is 2.80. The van der Waals surface area contributed by atoms with E-state index in [1.54, 1.807) is 12.3 Å². The lowest BCUT2D eigenvalue weighted by molar-refractivity contribution is -0.156. The number of nitrogens with zero attached hydrogens (tertiary/aromatic N) is 1. The monoisotopic (exact) mass is 437 g/mol. The number of halogens is 6. The van der Waals surface area contributed by atoms with Gasteiger partial charge < -0.3 is 10.6 Å². The second kappa shape index (κ2) is 9.60. The molecule has 0 spiro atoms. The highest BCUT2D eigenvalue weighted by molar-refractivity contribution is 7.80. The van der Waals surface area contributed by atoms with Gasteiger partial charge >= 0.3 is 12.4 Å². The van der Waals surface area contributed by atoms with Crippen LogP contribution in [0, 0.1) is 5.92 Å². The largest absolute Gasteiger partial charge is 0.394 e. The molecule has 0 bridgehead atoms. The van der Waals surface area contributed by atoms with Gasteiger partial charge in [-0.05, 0) is 54.7 Å². The molecule has 3 nitrogen and oxygen atoms in total. The van der Waals surface area contributed by atoms with Gasteiger partial charge in [-0.2, -0.15) is 26.3 Å². The van der Waals surface area contributed by atoms with Gasteiger partial charge in [-0.15, -0.1) is 0 Å². The Labute approximate surface area is 170 Å². The number of nitrogens with one attached hydrogen (secondary N) is 2. The molecule has 160 valence electrons. The van der Waals surface area contributed by atoms with Gasteiger partial charge in [0.05, 0.1) is 11.6 Å². The van der Waals surface area contributed by atoms with Crippen molar-refractivity contribution in [3.05, 3.63) is 46.9 Å². The zero-order valence-corrected chi connectivity index (χ0v) is 16.4. The molecule has 1 aromatic rings. The topological polar surface area (TPSA) is 37.0 Å². The van der Waals surface area contributed by atoms with Crippen LogP contribution in [0.1, 0.15) is 43.0 Å². The average Bonchev–Trinajstić information content (AvgIpc) is 2.63. The quantitative estimate of drug-likeness (QED) is 0.460. The van der Waals surface area contributed by atoms with Crippen LogP contribution in [0.25, 0.3) is 6.08 Å². The van der Waals surface area contributed by atoms with Crippen LogP contribution in [0.4, 0.5) is 26.3 Å². The highest BCUT2D eigenvalue weighted by Crippen LogP contribution is 2.29. The highest BCUT2D eigenvalue weighted by atomic mass is 32.1. The van der Waals surface area contributed by atoms with Crippen LogP contribution >= 0.6 is 12.2 Å². The van der Waals surface area contributed by atoms with E-state index < -0.39 is 31.1 Å². The number of hydrogen-bond acceptors (Lipinski definition) is 2. The number of rotatable bonds is 6. The van der Waals surface area contributed by atoms with Gasteiger partial charge in [-0.3, -0.25) is 4.98 Å². The van der Waals surface area contributed by atoms with E-state index in [2.05, 4.69) is 15.6 Å². The van der Waals surface area contributed by atoms with E-state index in [1.807, 2.05) is 12.2 Å². The molecule has 2 N–H and O–H groups in total. The van der Waals surface area contributed by atoms with Gasteiger partial charge in [0.15, 0.2) is 5.11 Å². The minimum Gasteiger partial charge on any atom is -0.358 e. The maximum absolute atomic E-state index is 12.8. The fraction of sp³-hybridized carbons (Fsp3) is 0.474. The summed E-state index contributed by atoms with van der Waals surface area (Å²) in [7, 11) is 0. The highest BCUT2D eigenvalue weighted by Gasteiger charge is 2.35. The number of fused-ring (bicyclic) bond motifs is 1. The van der Waals surface area contributed by atoms with Crippen molar-refractivity contribution in [2.45, 2.75) is 51.5 Å². The van der Waals surface area contributed by atoms with Crippen LogP contribution in [0.15, 0.2) is 30.1 Å². The van der Waals surface area contributed by atoms with Crippen molar-refractivity contribution in [3.8, 4) is 0 Å². The molecular weight excluding hydrogens is 416 g/mol. The van der Waals surface area contributed by atoms with Crippen molar-refractivity contribution in [3.63, 3.8) is 0 Å². The van der Waals surface area contributed by atoms with E-state index in [1.165, 1.54) is 0 Å². The standard InChI is InChI=1S/C19H21F6N3S/c1-12(19(23,24)25)10-14(6-8-18(20,21)22)28-17(29)27-11-13-7-9-26-16-5-3-2-4-15(13)16/h3,5,7,9-10,12H,2,4,6,8,11H2,1H3,(H2,27,28,29)/b14-10+. The minimum atomic E-state index is -4.55. The molecule has 1 atom stereocenters. The summed E-state index contributed by atoms with van der Waals surface area (Å²) in [5.41, 5.74) is 2.60. The number of allylic oxidation sites excluding steroid dienone is 3. The fourth-order valence-corrected chi connectivity index (χ4v) is 3.00. The van der Waals surface area contributed by atoms with Gasteiger partial charge in [0.25, 0.3) is 0 Å². The molecule has 0 fully saturated rings. The van der Waals surface area contributed by atoms with Crippen LogP contribution in [-0.4, -0.2) is 22.4 Å². The van der Waals surface area contributed by atoms with Crippen molar-refractivity contribution >= 4 is 23.4 Å². The summed E-state index contributed by atoms with van der Waals surface area (Å²) in [6, 6.07) is 1.81. The molecule has 0 radical (unpaired) electrons. The molecule has 0 aromatic carbocycles. The smallest absolute Gasteiger partial charge is 0.358 e. The molecule has 10 heteroatoms. The van der Waals surface area contributed by atoms with Crippen molar-refractivity contribution < 1.29 is 26.3 Å². The first-order chi connectivity index (χ1) is 13.5. The number of aromatic nitrogens is 1. The van der Waals surface area contributed by atoms with Gasteiger partial charge in [0.1, 0.15) is 0 Å². The normalized spacial score (nSPS) is 15.6. The van der Waals surface area contributed by atoms with Gasteiger partial charge in [-0.1, -0.05) is 19.1 Å².